The average molecular weight is 183 g/mol. The zero-order valence-electron chi connectivity index (χ0n) is 7.49. The molecule has 0 unspecified atom stereocenters. The number of nitrogens with two attached hydrogens (primary N) is 1. The number of fused-ring (bicyclic) bond motifs is 3. The van der Waals surface area contributed by atoms with Crippen molar-refractivity contribution in [2.45, 2.75) is 0 Å². The Morgan fingerprint density at radius 1 is 1.07 bits per heavy atom. The first kappa shape index (κ1) is 7.38. The molecule has 1 heterocycles. The van der Waals surface area contributed by atoms with E-state index in [1.165, 1.54) is 5.39 Å². The van der Waals surface area contributed by atoms with Crippen molar-refractivity contribution in [3.05, 3.63) is 36.4 Å². The molecular weight excluding hydrogens is 174 g/mol. The van der Waals surface area contributed by atoms with Crippen LogP contribution in [0.15, 0.2) is 36.4 Å². The minimum atomic E-state index is 0.636. The fraction of sp³-hybridized carbons (Fsp3) is 0. The van der Waals surface area contributed by atoms with Gasteiger partial charge in [-0.25, -0.2) is 0 Å². The van der Waals surface area contributed by atoms with Crippen molar-refractivity contribution in [2.24, 2.45) is 0 Å². The van der Waals surface area contributed by atoms with Crippen molar-refractivity contribution < 1.29 is 0 Å². The van der Waals surface area contributed by atoms with E-state index < -0.39 is 0 Å². The van der Waals surface area contributed by atoms with Crippen LogP contribution in [0.4, 0.5) is 5.82 Å². The largest absolute Gasteiger partial charge is 0.384 e. The maximum atomic E-state index is 5.82. The van der Waals surface area contributed by atoms with E-state index in [2.05, 4.69) is 28.4 Å². The zero-order chi connectivity index (χ0) is 9.54. The topological polar surface area (TPSA) is 54.7 Å². The molecule has 3 nitrogen and oxygen atoms in total. The molecule has 0 spiro atoms. The van der Waals surface area contributed by atoms with E-state index >= 15 is 0 Å². The zero-order valence-corrected chi connectivity index (χ0v) is 7.49. The van der Waals surface area contributed by atoms with Crippen LogP contribution in [0, 0.1) is 0 Å². The molecule has 0 fully saturated rings. The van der Waals surface area contributed by atoms with Crippen molar-refractivity contribution in [1.29, 1.82) is 0 Å². The fourth-order valence-electron chi connectivity index (χ4n) is 1.81. The van der Waals surface area contributed by atoms with Crippen molar-refractivity contribution in [2.75, 3.05) is 5.73 Å². The molecular formula is C11H9N3. The Hall–Kier alpha value is -2.03. The van der Waals surface area contributed by atoms with E-state index in [-0.39, 0.29) is 0 Å². The molecule has 0 saturated heterocycles. The second-order valence-electron chi connectivity index (χ2n) is 3.32. The summed E-state index contributed by atoms with van der Waals surface area (Å²) in [6.45, 7) is 0. The molecule has 68 valence electrons. The summed E-state index contributed by atoms with van der Waals surface area (Å²) >= 11 is 0. The first-order chi connectivity index (χ1) is 6.86. The maximum Gasteiger partial charge on any atom is 0.127 e. The molecule has 0 aliphatic rings. The summed E-state index contributed by atoms with van der Waals surface area (Å²) in [5.74, 6) is 0.636. The van der Waals surface area contributed by atoms with Gasteiger partial charge in [-0.05, 0) is 16.8 Å². The summed E-state index contributed by atoms with van der Waals surface area (Å²) in [7, 11) is 0. The van der Waals surface area contributed by atoms with Crippen LogP contribution in [-0.2, 0) is 0 Å². The van der Waals surface area contributed by atoms with Gasteiger partial charge in [0.25, 0.3) is 0 Å². The van der Waals surface area contributed by atoms with Gasteiger partial charge in [0.1, 0.15) is 5.82 Å². The second-order valence-corrected chi connectivity index (χ2v) is 3.32. The highest BCUT2D eigenvalue weighted by Crippen LogP contribution is 2.27. The van der Waals surface area contributed by atoms with Gasteiger partial charge in [0.05, 0.1) is 10.9 Å². The summed E-state index contributed by atoms with van der Waals surface area (Å²) in [5, 5.41) is 10.3. The number of aromatic nitrogens is 2. The van der Waals surface area contributed by atoms with Gasteiger partial charge in [0.15, 0.2) is 0 Å². The van der Waals surface area contributed by atoms with E-state index in [4.69, 9.17) is 5.73 Å². The predicted molar refractivity (Wildman–Crippen MR) is 58.0 cm³/mol. The maximum absolute atomic E-state index is 5.82. The summed E-state index contributed by atoms with van der Waals surface area (Å²) in [5.41, 5.74) is 6.74. The number of H-pyrrole nitrogens is 1. The molecule has 3 N–H and O–H groups in total. The Bertz CT molecular complexity index is 610. The Kier molecular flexibility index (Phi) is 1.31. The van der Waals surface area contributed by atoms with Gasteiger partial charge in [-0.15, -0.1) is 0 Å². The third-order valence-corrected chi connectivity index (χ3v) is 2.47. The van der Waals surface area contributed by atoms with E-state index in [1.807, 2.05) is 18.2 Å². The number of aromatic amines is 1. The molecule has 3 heteroatoms. The lowest BCUT2D eigenvalue weighted by atomic mass is 10.1. The molecule has 3 aromatic rings. The number of benzene rings is 2. The van der Waals surface area contributed by atoms with Crippen LogP contribution in [-0.4, -0.2) is 10.2 Å². The lowest BCUT2D eigenvalue weighted by molar-refractivity contribution is 1.13. The summed E-state index contributed by atoms with van der Waals surface area (Å²) in [6, 6.07) is 12.2. The van der Waals surface area contributed by atoms with Crippen LogP contribution in [0.3, 0.4) is 0 Å². The normalized spacial score (nSPS) is 11.1. The fourth-order valence-corrected chi connectivity index (χ4v) is 1.81. The number of nitrogens with one attached hydrogen (secondary N) is 1. The lowest BCUT2D eigenvalue weighted by Gasteiger charge is -1.98. The summed E-state index contributed by atoms with van der Waals surface area (Å²) in [4.78, 5) is 0. The van der Waals surface area contributed by atoms with Crippen LogP contribution in [0.25, 0.3) is 21.7 Å². The van der Waals surface area contributed by atoms with Crippen LogP contribution in [0.5, 0.6) is 0 Å². The number of rotatable bonds is 0. The van der Waals surface area contributed by atoms with Gasteiger partial charge in [0, 0.05) is 0 Å². The minimum Gasteiger partial charge on any atom is -0.384 e. The molecule has 0 atom stereocenters. The highest BCUT2D eigenvalue weighted by Gasteiger charge is 2.05. The average Bonchev–Trinajstić information content (AvgIpc) is 2.61. The number of nitrogens with zero attached hydrogens (tertiary/aromatic N) is 1. The SMILES string of the molecule is Nc1[nH]nc2ccc3ccccc3c12. The van der Waals surface area contributed by atoms with Crippen LogP contribution < -0.4 is 5.73 Å². The van der Waals surface area contributed by atoms with E-state index in [1.54, 1.807) is 0 Å². The third kappa shape index (κ3) is 0.836. The van der Waals surface area contributed by atoms with Crippen LogP contribution in [0.2, 0.25) is 0 Å². The van der Waals surface area contributed by atoms with Crippen molar-refractivity contribution >= 4 is 27.5 Å². The lowest BCUT2D eigenvalue weighted by Crippen LogP contribution is -1.84. The molecule has 14 heavy (non-hydrogen) atoms. The third-order valence-electron chi connectivity index (χ3n) is 2.47. The van der Waals surface area contributed by atoms with Crippen molar-refractivity contribution in [3.63, 3.8) is 0 Å². The highest BCUT2D eigenvalue weighted by molar-refractivity contribution is 6.10. The standard InChI is InChI=1S/C11H9N3/c12-11-10-8-4-2-1-3-7(8)5-6-9(10)13-14-11/h1-6H,(H3,12,13,14). The van der Waals surface area contributed by atoms with E-state index in [0.717, 1.165) is 16.3 Å². The highest BCUT2D eigenvalue weighted by atomic mass is 15.1. The smallest absolute Gasteiger partial charge is 0.127 e. The first-order valence-corrected chi connectivity index (χ1v) is 4.47. The summed E-state index contributed by atoms with van der Waals surface area (Å²) < 4.78 is 0. The second kappa shape index (κ2) is 2.48. The molecule has 0 aliphatic carbocycles. The number of hydrogen-bond donors (Lipinski definition) is 2. The molecule has 0 saturated carbocycles. The monoisotopic (exact) mass is 183 g/mol. The molecule has 0 bridgehead atoms. The minimum absolute atomic E-state index is 0.636. The van der Waals surface area contributed by atoms with Gasteiger partial charge in [0.2, 0.25) is 0 Å². The molecule has 0 radical (unpaired) electrons. The first-order valence-electron chi connectivity index (χ1n) is 4.47. The number of hydrogen-bond acceptors (Lipinski definition) is 2. The van der Waals surface area contributed by atoms with Crippen molar-refractivity contribution in [3.8, 4) is 0 Å². The number of nitrogen functional groups attached to an aromatic ring is 1. The van der Waals surface area contributed by atoms with Crippen LogP contribution in [0.1, 0.15) is 0 Å². The molecule has 0 aliphatic heterocycles. The molecule has 0 amide bonds. The van der Waals surface area contributed by atoms with Crippen LogP contribution >= 0.6 is 0 Å². The summed E-state index contributed by atoms with van der Waals surface area (Å²) in [6.07, 6.45) is 0. The van der Waals surface area contributed by atoms with E-state index in [9.17, 15) is 0 Å². The van der Waals surface area contributed by atoms with Gasteiger partial charge in [-0.2, -0.15) is 5.10 Å². The predicted octanol–water partition coefficient (Wildman–Crippen LogP) is 2.30. The Labute approximate surface area is 80.5 Å². The molecule has 3 rings (SSSR count). The molecule has 2 aromatic carbocycles. The Morgan fingerprint density at radius 2 is 1.93 bits per heavy atom. The van der Waals surface area contributed by atoms with Gasteiger partial charge < -0.3 is 5.73 Å². The Morgan fingerprint density at radius 3 is 2.86 bits per heavy atom. The molecule has 1 aromatic heterocycles. The number of anilines is 1. The van der Waals surface area contributed by atoms with Gasteiger partial charge in [-0.1, -0.05) is 30.3 Å². The van der Waals surface area contributed by atoms with Gasteiger partial charge in [-0.3, -0.25) is 5.10 Å². The van der Waals surface area contributed by atoms with Gasteiger partial charge >= 0.3 is 0 Å². The van der Waals surface area contributed by atoms with E-state index in [0.29, 0.717) is 5.82 Å². The Balaban J connectivity index is 2.65. The quantitative estimate of drug-likeness (QED) is 0.561. The van der Waals surface area contributed by atoms with Crippen molar-refractivity contribution in [1.82, 2.24) is 10.2 Å².